The highest BCUT2D eigenvalue weighted by molar-refractivity contribution is 7.99. The van der Waals surface area contributed by atoms with Crippen LogP contribution in [0.1, 0.15) is 44.9 Å². The molecule has 1 N–H and O–H groups in total. The van der Waals surface area contributed by atoms with Gasteiger partial charge in [-0.3, -0.25) is 4.90 Å². The fourth-order valence-corrected chi connectivity index (χ4v) is 5.35. The van der Waals surface area contributed by atoms with Crippen molar-refractivity contribution in [2.75, 3.05) is 38.5 Å². The summed E-state index contributed by atoms with van der Waals surface area (Å²) in [5.41, 5.74) is 0.943. The molecule has 26 heavy (non-hydrogen) atoms. The van der Waals surface area contributed by atoms with Crippen LogP contribution in [0.25, 0.3) is 11.0 Å². The van der Waals surface area contributed by atoms with E-state index >= 15 is 0 Å². The minimum atomic E-state index is 0.889. The molecule has 2 aromatic rings. The molecular weight excluding hydrogens is 342 g/mol. The van der Waals surface area contributed by atoms with Crippen molar-refractivity contribution in [3.63, 3.8) is 0 Å². The first-order chi connectivity index (χ1) is 12.9. The number of rotatable bonds is 7. The lowest BCUT2D eigenvalue weighted by atomic mass is 9.94. The zero-order valence-corrected chi connectivity index (χ0v) is 16.5. The van der Waals surface area contributed by atoms with Crippen molar-refractivity contribution in [1.29, 1.82) is 0 Å². The molecule has 3 heterocycles. The van der Waals surface area contributed by atoms with E-state index in [1.807, 2.05) is 18.0 Å². The van der Waals surface area contributed by atoms with Gasteiger partial charge in [0.1, 0.15) is 17.0 Å². The van der Waals surface area contributed by atoms with Crippen LogP contribution in [0.3, 0.4) is 0 Å². The largest absolute Gasteiger partial charge is 0.346 e. The third-order valence-electron chi connectivity index (χ3n) is 5.92. The molecule has 1 saturated heterocycles. The highest BCUT2D eigenvalue weighted by atomic mass is 32.2. The molecule has 0 amide bonds. The van der Waals surface area contributed by atoms with Crippen LogP contribution in [-0.2, 0) is 0 Å². The Labute approximate surface area is 161 Å². The van der Waals surface area contributed by atoms with Crippen LogP contribution in [0.15, 0.2) is 23.6 Å². The summed E-state index contributed by atoms with van der Waals surface area (Å²) in [5.74, 6) is 1.14. The van der Waals surface area contributed by atoms with Gasteiger partial charge in [0.2, 0.25) is 0 Å². The van der Waals surface area contributed by atoms with Crippen LogP contribution in [0, 0.1) is 0 Å². The highest BCUT2D eigenvalue weighted by Gasteiger charge is 2.24. The molecule has 5 nitrogen and oxygen atoms in total. The Balaban J connectivity index is 1.12. The van der Waals surface area contributed by atoms with Crippen LogP contribution in [0.2, 0.25) is 0 Å². The zero-order chi connectivity index (χ0) is 17.6. The summed E-state index contributed by atoms with van der Waals surface area (Å²) in [6.45, 7) is 6.35. The summed E-state index contributed by atoms with van der Waals surface area (Å²) in [7, 11) is 0. The van der Waals surface area contributed by atoms with Crippen molar-refractivity contribution >= 4 is 22.8 Å². The summed E-state index contributed by atoms with van der Waals surface area (Å²) >= 11 is 1.86. The molecular formula is C20H31N5S. The topological polar surface area (TPSA) is 48.1 Å². The first-order valence-corrected chi connectivity index (χ1v) is 11.3. The van der Waals surface area contributed by atoms with E-state index in [0.717, 1.165) is 27.9 Å². The molecule has 1 aliphatic heterocycles. The van der Waals surface area contributed by atoms with Crippen molar-refractivity contribution in [3.8, 4) is 0 Å². The van der Waals surface area contributed by atoms with Crippen molar-refractivity contribution in [2.45, 2.75) is 56.0 Å². The maximum atomic E-state index is 4.44. The maximum Gasteiger partial charge on any atom is 0.141 e. The van der Waals surface area contributed by atoms with Crippen LogP contribution in [-0.4, -0.2) is 69.3 Å². The minimum Gasteiger partial charge on any atom is -0.346 e. The standard InChI is InChI=1S/C20H31N5S/c1-2-6-17(7-3-1)25-13-11-24(12-14-25)10-4-5-15-26-20-18-8-9-21-19(18)22-16-23-20/h8-9,16-17H,1-7,10-15H2,(H,21,22,23). The van der Waals surface area contributed by atoms with Crippen LogP contribution < -0.4 is 0 Å². The van der Waals surface area contributed by atoms with Gasteiger partial charge in [0.05, 0.1) is 5.39 Å². The Kier molecular flexibility index (Phi) is 6.46. The van der Waals surface area contributed by atoms with E-state index in [1.54, 1.807) is 6.33 Å². The molecule has 2 fully saturated rings. The zero-order valence-electron chi connectivity index (χ0n) is 15.7. The molecule has 1 saturated carbocycles. The molecule has 2 aromatic heterocycles. The van der Waals surface area contributed by atoms with E-state index in [9.17, 15) is 0 Å². The van der Waals surface area contributed by atoms with E-state index in [0.29, 0.717) is 0 Å². The second kappa shape index (κ2) is 9.20. The second-order valence-electron chi connectivity index (χ2n) is 7.64. The van der Waals surface area contributed by atoms with E-state index in [1.165, 1.54) is 77.7 Å². The SMILES string of the molecule is c1nc(SCCCCN2CCN(C3CCCCC3)CC2)c2cc[nH]c2n1. The lowest BCUT2D eigenvalue weighted by Gasteiger charge is -2.40. The Hall–Kier alpha value is -1.11. The molecule has 0 atom stereocenters. The molecule has 0 unspecified atom stereocenters. The molecule has 6 heteroatoms. The number of hydrogen-bond acceptors (Lipinski definition) is 5. The number of unbranched alkanes of at least 4 members (excludes halogenated alkanes) is 1. The molecule has 0 spiro atoms. The van der Waals surface area contributed by atoms with E-state index in [-0.39, 0.29) is 0 Å². The van der Waals surface area contributed by atoms with Crippen molar-refractivity contribution in [1.82, 2.24) is 24.8 Å². The number of piperazine rings is 1. The van der Waals surface area contributed by atoms with Crippen molar-refractivity contribution < 1.29 is 0 Å². The predicted octanol–water partition coefficient (Wildman–Crippen LogP) is 3.78. The van der Waals surface area contributed by atoms with Gasteiger partial charge in [-0.25, -0.2) is 9.97 Å². The molecule has 1 aliphatic carbocycles. The molecule has 0 aromatic carbocycles. The average Bonchev–Trinajstić information content (AvgIpc) is 3.19. The number of aromatic nitrogens is 3. The minimum absolute atomic E-state index is 0.889. The maximum absolute atomic E-state index is 4.44. The fraction of sp³-hybridized carbons (Fsp3) is 0.700. The lowest BCUT2D eigenvalue weighted by molar-refractivity contribution is 0.0784. The average molecular weight is 374 g/mol. The summed E-state index contributed by atoms with van der Waals surface area (Å²) < 4.78 is 0. The van der Waals surface area contributed by atoms with E-state index in [2.05, 4.69) is 30.8 Å². The number of fused-ring (bicyclic) bond motifs is 1. The summed E-state index contributed by atoms with van der Waals surface area (Å²) in [6.07, 6.45) is 13.4. The van der Waals surface area contributed by atoms with Gasteiger partial charge in [0.25, 0.3) is 0 Å². The number of hydrogen-bond donors (Lipinski definition) is 1. The molecule has 142 valence electrons. The van der Waals surface area contributed by atoms with E-state index < -0.39 is 0 Å². The summed E-state index contributed by atoms with van der Waals surface area (Å²) in [5, 5.41) is 2.26. The monoisotopic (exact) mass is 373 g/mol. The Morgan fingerprint density at radius 3 is 2.73 bits per heavy atom. The number of thioether (sulfide) groups is 1. The molecule has 2 aliphatic rings. The van der Waals surface area contributed by atoms with Crippen LogP contribution in [0.5, 0.6) is 0 Å². The Morgan fingerprint density at radius 2 is 1.88 bits per heavy atom. The summed E-state index contributed by atoms with van der Waals surface area (Å²) in [4.78, 5) is 17.3. The van der Waals surface area contributed by atoms with Crippen molar-refractivity contribution in [2.24, 2.45) is 0 Å². The van der Waals surface area contributed by atoms with Crippen LogP contribution >= 0.6 is 11.8 Å². The second-order valence-corrected chi connectivity index (χ2v) is 8.73. The van der Waals surface area contributed by atoms with Gasteiger partial charge in [-0.1, -0.05) is 19.3 Å². The quantitative estimate of drug-likeness (QED) is 0.455. The van der Waals surface area contributed by atoms with E-state index in [4.69, 9.17) is 0 Å². The fourth-order valence-electron chi connectivity index (χ4n) is 4.37. The van der Waals surface area contributed by atoms with Crippen molar-refractivity contribution in [3.05, 3.63) is 18.6 Å². The summed E-state index contributed by atoms with van der Waals surface area (Å²) in [6, 6.07) is 2.96. The van der Waals surface area contributed by atoms with Gasteiger partial charge in [-0.15, -0.1) is 11.8 Å². The third-order valence-corrected chi connectivity index (χ3v) is 7.01. The normalized spacial score (nSPS) is 20.8. The lowest BCUT2D eigenvalue weighted by Crippen LogP contribution is -2.50. The van der Waals surface area contributed by atoms with Gasteiger partial charge in [0, 0.05) is 38.4 Å². The van der Waals surface area contributed by atoms with Gasteiger partial charge >= 0.3 is 0 Å². The highest BCUT2D eigenvalue weighted by Crippen LogP contribution is 2.25. The molecule has 4 rings (SSSR count). The number of aromatic amines is 1. The van der Waals surface area contributed by atoms with Gasteiger partial charge in [-0.2, -0.15) is 0 Å². The third kappa shape index (κ3) is 4.59. The number of nitrogens with one attached hydrogen (secondary N) is 1. The predicted molar refractivity (Wildman–Crippen MR) is 109 cm³/mol. The Morgan fingerprint density at radius 1 is 1.04 bits per heavy atom. The molecule has 0 radical (unpaired) electrons. The number of nitrogens with zero attached hydrogens (tertiary/aromatic N) is 4. The van der Waals surface area contributed by atoms with Gasteiger partial charge < -0.3 is 9.88 Å². The van der Waals surface area contributed by atoms with Gasteiger partial charge in [-0.05, 0) is 44.0 Å². The smallest absolute Gasteiger partial charge is 0.141 e. The first-order valence-electron chi connectivity index (χ1n) is 10.3. The Bertz CT molecular complexity index is 674. The first kappa shape index (κ1) is 18.3. The van der Waals surface area contributed by atoms with Crippen LogP contribution in [0.4, 0.5) is 0 Å². The molecule has 0 bridgehead atoms. The van der Waals surface area contributed by atoms with Gasteiger partial charge in [0.15, 0.2) is 0 Å². The number of H-pyrrole nitrogens is 1.